The third-order valence-corrected chi connectivity index (χ3v) is 1.61. The van der Waals surface area contributed by atoms with Crippen molar-refractivity contribution >= 4 is 21.7 Å². The van der Waals surface area contributed by atoms with Crippen molar-refractivity contribution in [2.75, 3.05) is 0 Å². The molecule has 0 fully saturated rings. The predicted octanol–water partition coefficient (Wildman–Crippen LogP) is 1.89. The smallest absolute Gasteiger partial charge is 0.358 e. The van der Waals surface area contributed by atoms with Gasteiger partial charge >= 0.3 is 5.82 Å². The summed E-state index contributed by atoms with van der Waals surface area (Å²) in [6.45, 7) is 0. The van der Waals surface area contributed by atoms with Gasteiger partial charge in [-0.25, -0.2) is 0 Å². The molecule has 0 unspecified atom stereocenters. The van der Waals surface area contributed by atoms with Crippen LogP contribution in [-0.4, -0.2) is 9.91 Å². The molecule has 0 saturated carbocycles. The Bertz CT molecular complexity index is 305. The molecular weight excluding hydrogens is 219 g/mol. The monoisotopic (exact) mass is 220 g/mol. The second-order valence-corrected chi connectivity index (χ2v) is 2.54. The Balaban J connectivity index is 3.27. The van der Waals surface area contributed by atoms with Crippen LogP contribution in [0, 0.1) is 15.9 Å². The van der Waals surface area contributed by atoms with Gasteiger partial charge in [0.05, 0.1) is 4.47 Å². The molecule has 1 aromatic rings. The highest BCUT2D eigenvalue weighted by Gasteiger charge is 2.17. The summed E-state index contributed by atoms with van der Waals surface area (Å²) in [5.74, 6) is -1.71. The van der Waals surface area contributed by atoms with Gasteiger partial charge in [0.25, 0.3) is 0 Å². The fraction of sp³-hybridized carbons (Fsp3) is 0. The van der Waals surface area contributed by atoms with Gasteiger partial charge < -0.3 is 10.1 Å². The second kappa shape index (κ2) is 2.91. The number of nitrogens with zero attached hydrogens (tertiary/aromatic N) is 2. The molecule has 0 saturated heterocycles. The molecule has 0 atom stereocenters. The minimum atomic E-state index is -0.947. The Morgan fingerprint density at radius 1 is 1.73 bits per heavy atom. The van der Waals surface area contributed by atoms with Crippen LogP contribution in [0.3, 0.4) is 0 Å². The van der Waals surface area contributed by atoms with Crippen molar-refractivity contribution in [3.8, 4) is 0 Å². The molecule has 0 radical (unpaired) electrons. The quantitative estimate of drug-likeness (QED) is 0.537. The van der Waals surface area contributed by atoms with Gasteiger partial charge in [-0.2, -0.15) is 4.39 Å². The maximum Gasteiger partial charge on any atom is 0.400 e. The van der Waals surface area contributed by atoms with Crippen molar-refractivity contribution in [1.29, 1.82) is 0 Å². The standard InChI is InChI=1S/C5H2BrFN2O2/c6-3-1-2-8-5(4(3)7)9(10)11/h1-2H. The van der Waals surface area contributed by atoms with E-state index in [-0.39, 0.29) is 4.47 Å². The first-order valence-electron chi connectivity index (χ1n) is 2.57. The van der Waals surface area contributed by atoms with E-state index in [0.717, 1.165) is 6.20 Å². The minimum Gasteiger partial charge on any atom is -0.358 e. The first-order chi connectivity index (χ1) is 5.13. The van der Waals surface area contributed by atoms with Gasteiger partial charge in [0.1, 0.15) is 6.20 Å². The van der Waals surface area contributed by atoms with E-state index in [1.807, 2.05) is 0 Å². The van der Waals surface area contributed by atoms with Crippen LogP contribution in [0.2, 0.25) is 0 Å². The second-order valence-electron chi connectivity index (χ2n) is 1.69. The highest BCUT2D eigenvalue weighted by atomic mass is 79.9. The molecule has 6 heteroatoms. The van der Waals surface area contributed by atoms with Gasteiger partial charge in [0.2, 0.25) is 5.82 Å². The minimum absolute atomic E-state index is 0.0409. The molecule has 0 aliphatic rings. The normalized spacial score (nSPS) is 9.64. The third-order valence-electron chi connectivity index (χ3n) is 0.997. The average Bonchev–Trinajstić information content (AvgIpc) is 1.94. The maximum absolute atomic E-state index is 12.7. The highest BCUT2D eigenvalue weighted by molar-refractivity contribution is 9.10. The van der Waals surface area contributed by atoms with E-state index in [2.05, 4.69) is 20.9 Å². The Morgan fingerprint density at radius 3 is 2.82 bits per heavy atom. The van der Waals surface area contributed by atoms with Gasteiger partial charge in [0.15, 0.2) is 0 Å². The van der Waals surface area contributed by atoms with Crippen LogP contribution in [0.4, 0.5) is 10.2 Å². The number of pyridine rings is 1. The Labute approximate surface area is 69.3 Å². The number of aromatic nitrogens is 1. The molecule has 0 spiro atoms. The van der Waals surface area contributed by atoms with E-state index in [4.69, 9.17) is 0 Å². The van der Waals surface area contributed by atoms with Crippen LogP contribution < -0.4 is 0 Å². The molecule has 0 aliphatic carbocycles. The van der Waals surface area contributed by atoms with Crippen LogP contribution in [0.5, 0.6) is 0 Å². The van der Waals surface area contributed by atoms with Crippen molar-refractivity contribution < 1.29 is 9.31 Å². The molecule has 4 nitrogen and oxygen atoms in total. The zero-order chi connectivity index (χ0) is 8.43. The number of nitro groups is 1. The summed E-state index contributed by atoms with van der Waals surface area (Å²) in [4.78, 5) is 12.4. The van der Waals surface area contributed by atoms with Gasteiger partial charge in [-0.15, -0.1) is 0 Å². The average molecular weight is 221 g/mol. The largest absolute Gasteiger partial charge is 0.400 e. The summed E-state index contributed by atoms with van der Waals surface area (Å²) in [6, 6.07) is 1.29. The summed E-state index contributed by atoms with van der Waals surface area (Å²) in [6.07, 6.45) is 1.16. The van der Waals surface area contributed by atoms with Gasteiger partial charge in [0, 0.05) is 0 Å². The van der Waals surface area contributed by atoms with E-state index in [1.54, 1.807) is 0 Å². The number of rotatable bonds is 1. The third kappa shape index (κ3) is 1.51. The van der Waals surface area contributed by atoms with Crippen LogP contribution in [0.1, 0.15) is 0 Å². The van der Waals surface area contributed by atoms with Crippen molar-refractivity contribution in [3.63, 3.8) is 0 Å². The van der Waals surface area contributed by atoms with E-state index in [9.17, 15) is 14.5 Å². The summed E-state index contributed by atoms with van der Waals surface area (Å²) in [5, 5.41) is 10.1. The molecule has 1 rings (SSSR count). The van der Waals surface area contributed by atoms with Crippen molar-refractivity contribution in [2.45, 2.75) is 0 Å². The lowest BCUT2D eigenvalue weighted by molar-refractivity contribution is -0.392. The molecule has 0 N–H and O–H groups in total. The molecule has 1 aromatic heterocycles. The Kier molecular flexibility index (Phi) is 2.13. The molecule has 58 valence electrons. The van der Waals surface area contributed by atoms with Crippen molar-refractivity contribution in [3.05, 3.63) is 32.7 Å². The molecule has 11 heavy (non-hydrogen) atoms. The summed E-state index contributed by atoms with van der Waals surface area (Å²) in [7, 11) is 0. The first-order valence-corrected chi connectivity index (χ1v) is 3.36. The lowest BCUT2D eigenvalue weighted by Crippen LogP contribution is -1.95. The number of halogens is 2. The van der Waals surface area contributed by atoms with Crippen molar-refractivity contribution in [2.24, 2.45) is 0 Å². The van der Waals surface area contributed by atoms with Gasteiger partial charge in [-0.05, 0) is 31.9 Å². The van der Waals surface area contributed by atoms with Gasteiger partial charge in [-0.3, -0.25) is 0 Å². The summed E-state index contributed by atoms with van der Waals surface area (Å²) < 4.78 is 12.7. The predicted molar refractivity (Wildman–Crippen MR) is 38.5 cm³/mol. The summed E-state index contributed by atoms with van der Waals surface area (Å²) >= 11 is 2.79. The maximum atomic E-state index is 12.7. The lowest BCUT2D eigenvalue weighted by Gasteiger charge is -1.93. The van der Waals surface area contributed by atoms with Crippen LogP contribution in [-0.2, 0) is 0 Å². The number of hydrogen-bond acceptors (Lipinski definition) is 3. The molecule has 0 bridgehead atoms. The molecule has 0 amide bonds. The molecule has 0 aromatic carbocycles. The molecule has 0 aliphatic heterocycles. The fourth-order valence-corrected chi connectivity index (χ4v) is 0.833. The topological polar surface area (TPSA) is 56.0 Å². The molecule has 1 heterocycles. The Hall–Kier alpha value is -1.04. The van der Waals surface area contributed by atoms with Crippen LogP contribution in [0.25, 0.3) is 0 Å². The Morgan fingerprint density at radius 2 is 2.36 bits per heavy atom. The van der Waals surface area contributed by atoms with E-state index in [0.29, 0.717) is 0 Å². The van der Waals surface area contributed by atoms with E-state index >= 15 is 0 Å². The highest BCUT2D eigenvalue weighted by Crippen LogP contribution is 2.21. The van der Waals surface area contributed by atoms with Crippen LogP contribution >= 0.6 is 15.9 Å². The molecular formula is C5H2BrFN2O2. The fourth-order valence-electron chi connectivity index (χ4n) is 0.537. The van der Waals surface area contributed by atoms with Gasteiger partial charge in [-0.1, -0.05) is 0 Å². The number of hydrogen-bond donors (Lipinski definition) is 0. The zero-order valence-electron chi connectivity index (χ0n) is 5.12. The van der Waals surface area contributed by atoms with Crippen LogP contribution in [0.15, 0.2) is 16.7 Å². The zero-order valence-corrected chi connectivity index (χ0v) is 6.71. The van der Waals surface area contributed by atoms with E-state index < -0.39 is 16.6 Å². The first kappa shape index (κ1) is 8.06. The van der Waals surface area contributed by atoms with Crippen molar-refractivity contribution in [1.82, 2.24) is 4.98 Å². The SMILES string of the molecule is O=[N+]([O-])c1nccc(Br)c1F. The lowest BCUT2D eigenvalue weighted by atomic mass is 10.4. The summed E-state index contributed by atoms with van der Waals surface area (Å²) in [5.41, 5.74) is 0. The van der Waals surface area contributed by atoms with E-state index in [1.165, 1.54) is 6.07 Å².